The van der Waals surface area contributed by atoms with Crippen LogP contribution in [-0.4, -0.2) is 16.7 Å². The lowest BCUT2D eigenvalue weighted by Gasteiger charge is -1.97. The van der Waals surface area contributed by atoms with Crippen molar-refractivity contribution in [2.24, 2.45) is 0 Å². The Morgan fingerprint density at radius 1 is 1.24 bits per heavy atom. The summed E-state index contributed by atoms with van der Waals surface area (Å²) in [5, 5.41) is 8.91. The fourth-order valence-electron chi connectivity index (χ4n) is 1.77. The molecule has 0 saturated carbocycles. The van der Waals surface area contributed by atoms with Gasteiger partial charge >= 0.3 is 0 Å². The van der Waals surface area contributed by atoms with Gasteiger partial charge in [-0.2, -0.15) is 0 Å². The second kappa shape index (κ2) is 5.15. The quantitative estimate of drug-likeness (QED) is 0.880. The molecule has 90 valence electrons. The molecule has 0 atom stereocenters. The minimum Gasteiger partial charge on any atom is -0.441 e. The van der Waals surface area contributed by atoms with Crippen LogP contribution in [0.5, 0.6) is 0 Å². The number of rotatable bonds is 4. The molecule has 3 nitrogen and oxygen atoms in total. The summed E-state index contributed by atoms with van der Waals surface area (Å²) >= 11 is 0. The average Bonchev–Trinajstić information content (AvgIpc) is 2.72. The van der Waals surface area contributed by atoms with Crippen LogP contribution in [0.2, 0.25) is 0 Å². The van der Waals surface area contributed by atoms with Crippen LogP contribution >= 0.6 is 0 Å². The average molecular weight is 231 g/mol. The minimum atomic E-state index is 0.0988. The van der Waals surface area contributed by atoms with Crippen molar-refractivity contribution in [3.63, 3.8) is 0 Å². The van der Waals surface area contributed by atoms with Crippen molar-refractivity contribution < 1.29 is 9.52 Å². The predicted octanol–water partition coefficient (Wildman–Crippen LogP) is 2.75. The fourth-order valence-corrected chi connectivity index (χ4v) is 1.77. The lowest BCUT2D eigenvalue weighted by Crippen LogP contribution is -1.92. The van der Waals surface area contributed by atoms with Gasteiger partial charge in [0.15, 0.2) is 0 Å². The van der Waals surface area contributed by atoms with Crippen molar-refractivity contribution in [1.29, 1.82) is 0 Å². The molecule has 0 saturated heterocycles. The van der Waals surface area contributed by atoms with E-state index in [1.165, 1.54) is 5.56 Å². The number of hydrogen-bond donors (Lipinski definition) is 1. The van der Waals surface area contributed by atoms with E-state index >= 15 is 0 Å². The van der Waals surface area contributed by atoms with E-state index in [1.807, 2.05) is 19.1 Å². The van der Waals surface area contributed by atoms with E-state index in [9.17, 15) is 0 Å². The van der Waals surface area contributed by atoms with Gasteiger partial charge in [0.25, 0.3) is 0 Å². The Balaban J connectivity index is 2.29. The van der Waals surface area contributed by atoms with E-state index in [0.29, 0.717) is 12.3 Å². The van der Waals surface area contributed by atoms with E-state index in [2.05, 4.69) is 24.0 Å². The first kappa shape index (κ1) is 11.9. The summed E-state index contributed by atoms with van der Waals surface area (Å²) in [7, 11) is 0. The Morgan fingerprint density at radius 2 is 1.94 bits per heavy atom. The van der Waals surface area contributed by atoms with Crippen LogP contribution in [-0.2, 0) is 12.8 Å². The van der Waals surface area contributed by atoms with Crippen LogP contribution in [0.25, 0.3) is 11.5 Å². The fraction of sp³-hybridized carbons (Fsp3) is 0.357. The normalized spacial score (nSPS) is 10.8. The highest BCUT2D eigenvalue weighted by Gasteiger charge is 2.10. The molecule has 0 aliphatic rings. The van der Waals surface area contributed by atoms with Gasteiger partial charge in [-0.15, -0.1) is 0 Å². The van der Waals surface area contributed by atoms with Gasteiger partial charge in [0.2, 0.25) is 5.89 Å². The summed E-state index contributed by atoms with van der Waals surface area (Å²) in [5.41, 5.74) is 3.11. The zero-order chi connectivity index (χ0) is 12.3. The van der Waals surface area contributed by atoms with Crippen LogP contribution in [0.15, 0.2) is 28.7 Å². The molecule has 1 aromatic carbocycles. The summed E-state index contributed by atoms with van der Waals surface area (Å²) in [6.45, 7) is 4.10. The van der Waals surface area contributed by atoms with E-state index < -0.39 is 0 Å². The Morgan fingerprint density at radius 3 is 2.53 bits per heavy atom. The van der Waals surface area contributed by atoms with Crippen molar-refractivity contribution in [1.82, 2.24) is 4.98 Å². The first-order valence-corrected chi connectivity index (χ1v) is 5.91. The van der Waals surface area contributed by atoms with Gasteiger partial charge in [0, 0.05) is 18.6 Å². The van der Waals surface area contributed by atoms with Gasteiger partial charge in [-0.25, -0.2) is 4.98 Å². The monoisotopic (exact) mass is 231 g/mol. The number of hydrogen-bond acceptors (Lipinski definition) is 3. The van der Waals surface area contributed by atoms with Crippen LogP contribution in [0.3, 0.4) is 0 Å². The zero-order valence-corrected chi connectivity index (χ0v) is 10.2. The smallest absolute Gasteiger partial charge is 0.226 e. The molecule has 0 spiro atoms. The molecule has 2 aromatic rings. The maximum absolute atomic E-state index is 8.91. The molecular formula is C14H17NO2. The molecule has 0 bridgehead atoms. The largest absolute Gasteiger partial charge is 0.441 e. The summed E-state index contributed by atoms with van der Waals surface area (Å²) < 4.78 is 5.60. The standard InChI is InChI=1S/C14H17NO2/c1-3-11-4-6-12(7-5-11)14-15-13(8-9-16)10(2)17-14/h4-7,16H,3,8-9H2,1-2H3. The Kier molecular flexibility index (Phi) is 3.59. The molecule has 0 radical (unpaired) electrons. The number of aliphatic hydroxyl groups excluding tert-OH is 1. The molecule has 0 aliphatic carbocycles. The highest BCUT2D eigenvalue weighted by Crippen LogP contribution is 2.22. The van der Waals surface area contributed by atoms with Crippen LogP contribution < -0.4 is 0 Å². The molecule has 0 fully saturated rings. The van der Waals surface area contributed by atoms with Crippen molar-refractivity contribution in [2.75, 3.05) is 6.61 Å². The van der Waals surface area contributed by atoms with Crippen molar-refractivity contribution in [2.45, 2.75) is 26.7 Å². The van der Waals surface area contributed by atoms with Gasteiger partial charge < -0.3 is 9.52 Å². The van der Waals surface area contributed by atoms with E-state index in [0.717, 1.165) is 23.4 Å². The molecule has 0 aliphatic heterocycles. The maximum atomic E-state index is 8.91. The van der Waals surface area contributed by atoms with Gasteiger partial charge in [0.05, 0.1) is 5.69 Å². The van der Waals surface area contributed by atoms with Crippen LogP contribution in [0, 0.1) is 6.92 Å². The Hall–Kier alpha value is -1.61. The Bertz CT molecular complexity index is 485. The minimum absolute atomic E-state index is 0.0988. The lowest BCUT2D eigenvalue weighted by atomic mass is 10.1. The molecule has 1 heterocycles. The van der Waals surface area contributed by atoms with E-state index in [1.54, 1.807) is 0 Å². The third-order valence-electron chi connectivity index (χ3n) is 2.85. The third kappa shape index (κ3) is 2.56. The number of benzene rings is 1. The molecule has 17 heavy (non-hydrogen) atoms. The molecule has 3 heteroatoms. The zero-order valence-electron chi connectivity index (χ0n) is 10.2. The number of nitrogens with zero attached hydrogens (tertiary/aromatic N) is 1. The SMILES string of the molecule is CCc1ccc(-c2nc(CCO)c(C)o2)cc1. The summed E-state index contributed by atoms with van der Waals surface area (Å²) in [4.78, 5) is 4.40. The molecule has 0 amide bonds. The van der Waals surface area contributed by atoms with Crippen molar-refractivity contribution in [3.8, 4) is 11.5 Å². The van der Waals surface area contributed by atoms with Gasteiger partial charge in [-0.3, -0.25) is 0 Å². The topological polar surface area (TPSA) is 46.3 Å². The second-order valence-electron chi connectivity index (χ2n) is 4.05. The van der Waals surface area contributed by atoms with E-state index in [4.69, 9.17) is 9.52 Å². The van der Waals surface area contributed by atoms with Crippen molar-refractivity contribution >= 4 is 0 Å². The van der Waals surface area contributed by atoms with E-state index in [-0.39, 0.29) is 6.61 Å². The second-order valence-corrected chi connectivity index (χ2v) is 4.05. The summed E-state index contributed by atoms with van der Waals surface area (Å²) in [6.07, 6.45) is 1.57. The van der Waals surface area contributed by atoms with Crippen LogP contribution in [0.4, 0.5) is 0 Å². The first-order valence-electron chi connectivity index (χ1n) is 5.91. The number of aliphatic hydroxyl groups is 1. The van der Waals surface area contributed by atoms with Gasteiger partial charge in [-0.1, -0.05) is 19.1 Å². The third-order valence-corrected chi connectivity index (χ3v) is 2.85. The maximum Gasteiger partial charge on any atom is 0.226 e. The lowest BCUT2D eigenvalue weighted by molar-refractivity contribution is 0.297. The highest BCUT2D eigenvalue weighted by atomic mass is 16.4. The van der Waals surface area contributed by atoms with Crippen LogP contribution in [0.1, 0.15) is 23.9 Å². The number of aromatic nitrogens is 1. The highest BCUT2D eigenvalue weighted by molar-refractivity contribution is 5.54. The number of aryl methyl sites for hydroxylation is 2. The Labute approximate surface area is 101 Å². The molecular weight excluding hydrogens is 214 g/mol. The molecule has 0 unspecified atom stereocenters. The summed E-state index contributed by atoms with van der Waals surface area (Å²) in [5.74, 6) is 1.42. The molecule has 1 aromatic heterocycles. The molecule has 2 rings (SSSR count). The van der Waals surface area contributed by atoms with Gasteiger partial charge in [-0.05, 0) is 31.0 Å². The van der Waals surface area contributed by atoms with Gasteiger partial charge in [0.1, 0.15) is 5.76 Å². The molecule has 1 N–H and O–H groups in total. The first-order chi connectivity index (χ1) is 8.24. The predicted molar refractivity (Wildman–Crippen MR) is 66.8 cm³/mol. The summed E-state index contributed by atoms with van der Waals surface area (Å²) in [6, 6.07) is 8.21. The van der Waals surface area contributed by atoms with Crippen molar-refractivity contribution in [3.05, 3.63) is 41.3 Å². The number of oxazole rings is 1.